The highest BCUT2D eigenvalue weighted by molar-refractivity contribution is 6.75. The Kier molecular flexibility index (Phi) is 4.79. The summed E-state index contributed by atoms with van der Waals surface area (Å²) in [5.74, 6) is 0. The first-order valence-corrected chi connectivity index (χ1v) is 6.43. The molecule has 1 aromatic heterocycles. The molecular formula is C8H7Cl5N4. The Labute approximate surface area is 123 Å². The number of aromatic nitrogens is 3. The summed E-state index contributed by atoms with van der Waals surface area (Å²) in [6, 6.07) is 1.81. The largest absolute Gasteiger partial charge is 0.245 e. The van der Waals surface area contributed by atoms with Gasteiger partial charge in [0, 0.05) is 6.54 Å². The second-order valence-corrected chi connectivity index (χ2v) is 6.80. The zero-order valence-corrected chi connectivity index (χ0v) is 12.4. The van der Waals surface area contributed by atoms with E-state index in [0.717, 1.165) is 6.42 Å². The molecule has 0 radical (unpaired) electrons. The fraction of sp³-hybridized carbons (Fsp3) is 0.625. The molecule has 0 aliphatic carbocycles. The number of aryl methyl sites for hydroxylation is 1. The molecule has 1 aromatic rings. The molecule has 0 atom stereocenters. The van der Waals surface area contributed by atoms with E-state index >= 15 is 0 Å². The molecule has 0 aliphatic heterocycles. The van der Waals surface area contributed by atoms with Gasteiger partial charge in [-0.2, -0.15) is 5.26 Å². The van der Waals surface area contributed by atoms with E-state index in [1.807, 2.05) is 13.0 Å². The first-order valence-electron chi connectivity index (χ1n) is 4.54. The quantitative estimate of drug-likeness (QED) is 0.793. The summed E-state index contributed by atoms with van der Waals surface area (Å²) in [5, 5.41) is 16.3. The highest BCUT2D eigenvalue weighted by Crippen LogP contribution is 2.53. The number of nitriles is 1. The smallest absolute Gasteiger partial charge is 0.228 e. The minimum absolute atomic E-state index is 0.0604. The van der Waals surface area contributed by atoms with Crippen LogP contribution < -0.4 is 0 Å². The summed E-state index contributed by atoms with van der Waals surface area (Å²) in [6.45, 7) is 2.38. The van der Waals surface area contributed by atoms with Crippen LogP contribution in [0.25, 0.3) is 0 Å². The average molecular weight is 336 g/mol. The van der Waals surface area contributed by atoms with Crippen molar-refractivity contribution in [2.75, 3.05) is 0 Å². The normalized spacial score (nSPS) is 12.5. The van der Waals surface area contributed by atoms with E-state index in [4.69, 9.17) is 63.3 Å². The summed E-state index contributed by atoms with van der Waals surface area (Å²) < 4.78 is -2.54. The minimum Gasteiger partial charge on any atom is -0.245 e. The van der Waals surface area contributed by atoms with E-state index in [9.17, 15) is 0 Å². The number of rotatable bonds is 3. The van der Waals surface area contributed by atoms with Crippen LogP contribution in [0, 0.1) is 11.3 Å². The van der Waals surface area contributed by atoms with Gasteiger partial charge < -0.3 is 0 Å². The third kappa shape index (κ3) is 2.91. The van der Waals surface area contributed by atoms with Crippen LogP contribution >= 0.6 is 58.0 Å². The molecule has 1 rings (SSSR count). The molecular weight excluding hydrogens is 329 g/mol. The lowest BCUT2D eigenvalue weighted by atomic mass is 10.2. The molecule has 0 N–H and O–H groups in total. The van der Waals surface area contributed by atoms with Crippen molar-refractivity contribution in [3.8, 4) is 6.07 Å². The van der Waals surface area contributed by atoms with Crippen molar-refractivity contribution < 1.29 is 0 Å². The van der Waals surface area contributed by atoms with Gasteiger partial charge in [-0.1, -0.05) is 70.1 Å². The highest BCUT2D eigenvalue weighted by atomic mass is 35.6. The van der Waals surface area contributed by atoms with Gasteiger partial charge in [-0.3, -0.25) is 0 Å². The molecule has 9 heteroatoms. The maximum Gasteiger partial charge on any atom is 0.228 e. The maximum absolute atomic E-state index is 8.92. The van der Waals surface area contributed by atoms with Crippen molar-refractivity contribution in [2.24, 2.45) is 0 Å². The molecule has 94 valence electrons. The first kappa shape index (κ1) is 15.1. The molecule has 17 heavy (non-hydrogen) atoms. The van der Waals surface area contributed by atoms with Crippen LogP contribution in [0.5, 0.6) is 0 Å². The van der Waals surface area contributed by atoms with Crippen molar-refractivity contribution in [1.29, 1.82) is 5.26 Å². The van der Waals surface area contributed by atoms with Crippen molar-refractivity contribution in [2.45, 2.75) is 28.0 Å². The van der Waals surface area contributed by atoms with E-state index in [1.165, 1.54) is 4.68 Å². The van der Waals surface area contributed by atoms with Crippen LogP contribution in [0.3, 0.4) is 0 Å². The van der Waals surface area contributed by atoms with Crippen LogP contribution in [0.4, 0.5) is 0 Å². The molecule has 0 aliphatic rings. The Hall–Kier alpha value is 0.0800. The third-order valence-corrected chi connectivity index (χ3v) is 4.29. The van der Waals surface area contributed by atoms with Gasteiger partial charge in [0.25, 0.3) is 0 Å². The van der Waals surface area contributed by atoms with Gasteiger partial charge in [0.15, 0.2) is 5.69 Å². The van der Waals surface area contributed by atoms with Gasteiger partial charge in [-0.15, -0.1) is 5.10 Å². The summed E-state index contributed by atoms with van der Waals surface area (Å²) in [7, 11) is 0. The molecule has 0 spiro atoms. The Morgan fingerprint density at radius 2 is 1.88 bits per heavy atom. The van der Waals surface area contributed by atoms with Crippen LogP contribution in [0.15, 0.2) is 0 Å². The molecule has 4 nitrogen and oxygen atoms in total. The second-order valence-electron chi connectivity index (χ2n) is 3.19. The summed E-state index contributed by atoms with van der Waals surface area (Å²) in [5.41, 5.74) is 0.0277. The Morgan fingerprint density at radius 3 is 2.29 bits per heavy atom. The molecule has 1 heterocycles. The number of halogens is 5. The molecule has 0 fully saturated rings. The van der Waals surface area contributed by atoms with E-state index in [1.54, 1.807) is 0 Å². The number of alkyl halides is 5. The lowest BCUT2D eigenvalue weighted by Gasteiger charge is -2.27. The lowest BCUT2D eigenvalue weighted by molar-refractivity contribution is 0.543. The van der Waals surface area contributed by atoms with Gasteiger partial charge in [0.1, 0.15) is 11.8 Å². The van der Waals surface area contributed by atoms with Gasteiger partial charge in [0.05, 0.1) is 0 Å². The molecule has 0 saturated heterocycles. The van der Waals surface area contributed by atoms with Gasteiger partial charge >= 0.3 is 0 Å². The van der Waals surface area contributed by atoms with Crippen molar-refractivity contribution in [3.05, 3.63) is 11.4 Å². The standard InChI is InChI=1S/C8H7Cl5N4/c1-2-3-17-6(5(4-14)15-16-17)7(9,10)8(11,12)13/h2-3H2,1H3. The average Bonchev–Trinajstić information content (AvgIpc) is 2.60. The molecule has 0 saturated carbocycles. The minimum atomic E-state index is -2.01. The van der Waals surface area contributed by atoms with Crippen molar-refractivity contribution in [1.82, 2.24) is 15.0 Å². The highest BCUT2D eigenvalue weighted by Gasteiger charge is 2.51. The van der Waals surface area contributed by atoms with Crippen LogP contribution in [-0.2, 0) is 10.9 Å². The fourth-order valence-electron chi connectivity index (χ4n) is 1.20. The van der Waals surface area contributed by atoms with Crippen LogP contribution in [0.1, 0.15) is 24.7 Å². The topological polar surface area (TPSA) is 54.5 Å². The maximum atomic E-state index is 8.92. The summed E-state index contributed by atoms with van der Waals surface area (Å²) in [4.78, 5) is 0. The number of hydrogen-bond acceptors (Lipinski definition) is 3. The van der Waals surface area contributed by atoms with Crippen molar-refractivity contribution >= 4 is 58.0 Å². The predicted molar refractivity (Wildman–Crippen MR) is 68.7 cm³/mol. The Morgan fingerprint density at radius 1 is 1.29 bits per heavy atom. The van der Waals surface area contributed by atoms with Crippen LogP contribution in [0.2, 0.25) is 0 Å². The lowest BCUT2D eigenvalue weighted by Crippen LogP contribution is -2.32. The second kappa shape index (κ2) is 5.38. The van der Waals surface area contributed by atoms with E-state index in [0.29, 0.717) is 6.54 Å². The Bertz CT molecular complexity index is 442. The van der Waals surface area contributed by atoms with Gasteiger partial charge in [0.2, 0.25) is 8.13 Å². The van der Waals surface area contributed by atoms with Gasteiger partial charge in [-0.05, 0) is 6.42 Å². The SMILES string of the molecule is CCCn1nnc(C#N)c1C(Cl)(Cl)C(Cl)(Cl)Cl. The summed E-state index contributed by atoms with van der Waals surface area (Å²) in [6.07, 6.45) is 0.741. The number of nitrogens with zero attached hydrogens (tertiary/aromatic N) is 4. The van der Waals surface area contributed by atoms with E-state index < -0.39 is 8.13 Å². The third-order valence-electron chi connectivity index (χ3n) is 1.93. The van der Waals surface area contributed by atoms with E-state index in [-0.39, 0.29) is 11.4 Å². The zero-order chi connectivity index (χ0) is 13.3. The Balaban J connectivity index is 3.38. The first-order chi connectivity index (χ1) is 7.75. The molecule has 0 unspecified atom stereocenters. The summed E-state index contributed by atoms with van der Waals surface area (Å²) >= 11 is 29.2. The zero-order valence-electron chi connectivity index (χ0n) is 8.59. The monoisotopic (exact) mass is 334 g/mol. The van der Waals surface area contributed by atoms with Crippen LogP contribution in [-0.4, -0.2) is 18.8 Å². The molecule has 0 aromatic carbocycles. The van der Waals surface area contributed by atoms with Gasteiger partial charge in [-0.25, -0.2) is 4.68 Å². The molecule has 0 bridgehead atoms. The fourth-order valence-corrected chi connectivity index (χ4v) is 1.84. The van der Waals surface area contributed by atoms with E-state index in [2.05, 4.69) is 10.3 Å². The number of hydrogen-bond donors (Lipinski definition) is 0. The molecule has 0 amide bonds. The van der Waals surface area contributed by atoms with Crippen molar-refractivity contribution in [3.63, 3.8) is 0 Å². The predicted octanol–water partition coefficient (Wildman–Crippen LogP) is 3.56.